The maximum absolute atomic E-state index is 12.4. The molecule has 1 aromatic rings. The molecule has 1 aromatic carbocycles. The maximum Gasteiger partial charge on any atom is 0.312 e. The van der Waals surface area contributed by atoms with Crippen molar-refractivity contribution < 1.29 is 18.1 Å². The average molecular weight is 338 g/mol. The normalized spacial score (nSPS) is 16.0. The van der Waals surface area contributed by atoms with Crippen LogP contribution in [0.15, 0.2) is 23.1 Å². The lowest BCUT2D eigenvalue weighted by molar-refractivity contribution is -0.386. The summed E-state index contributed by atoms with van der Waals surface area (Å²) in [7, 11) is -2.41. The minimum atomic E-state index is -3.71. The summed E-state index contributed by atoms with van der Waals surface area (Å²) in [5, 5.41) is 14.0. The van der Waals surface area contributed by atoms with Gasteiger partial charge in [0.1, 0.15) is 0 Å². The number of nitro groups is 1. The maximum atomic E-state index is 12.4. The van der Waals surface area contributed by atoms with Crippen LogP contribution in [0.3, 0.4) is 0 Å². The zero-order valence-corrected chi connectivity index (χ0v) is 12.9. The highest BCUT2D eigenvalue weighted by atomic mass is 35.5. The van der Waals surface area contributed by atoms with E-state index in [1.165, 1.54) is 23.5 Å². The summed E-state index contributed by atoms with van der Waals surface area (Å²) >= 11 is 0. The number of piperazine rings is 1. The van der Waals surface area contributed by atoms with Crippen molar-refractivity contribution in [1.29, 1.82) is 0 Å². The monoisotopic (exact) mass is 337 g/mol. The molecule has 0 aliphatic carbocycles. The largest absolute Gasteiger partial charge is 0.490 e. The summed E-state index contributed by atoms with van der Waals surface area (Å²) in [6.45, 7) is 1.83. The summed E-state index contributed by atoms with van der Waals surface area (Å²) in [4.78, 5) is 10.2. The molecule has 1 heterocycles. The van der Waals surface area contributed by atoms with Gasteiger partial charge in [-0.3, -0.25) is 10.1 Å². The molecule has 0 amide bonds. The second-order valence-corrected chi connectivity index (χ2v) is 6.18. The molecule has 21 heavy (non-hydrogen) atoms. The molecular formula is C11H16ClN3O5S. The van der Waals surface area contributed by atoms with Gasteiger partial charge in [0, 0.05) is 32.2 Å². The molecule has 1 aliphatic rings. The Morgan fingerprint density at radius 3 is 2.48 bits per heavy atom. The first-order valence-electron chi connectivity index (χ1n) is 6.00. The lowest BCUT2D eigenvalue weighted by atomic mass is 10.3. The number of hydrogen-bond donors (Lipinski definition) is 1. The summed E-state index contributed by atoms with van der Waals surface area (Å²) in [6.07, 6.45) is 0. The van der Waals surface area contributed by atoms with Crippen LogP contribution in [0.25, 0.3) is 0 Å². The quantitative estimate of drug-likeness (QED) is 0.638. The van der Waals surface area contributed by atoms with E-state index in [1.54, 1.807) is 0 Å². The number of benzene rings is 1. The molecule has 0 unspecified atom stereocenters. The predicted molar refractivity (Wildman–Crippen MR) is 78.5 cm³/mol. The molecule has 1 saturated heterocycles. The van der Waals surface area contributed by atoms with Gasteiger partial charge >= 0.3 is 5.69 Å². The van der Waals surface area contributed by atoms with Crippen molar-refractivity contribution in [3.8, 4) is 5.75 Å². The number of hydrogen-bond acceptors (Lipinski definition) is 6. The first-order chi connectivity index (χ1) is 9.46. The van der Waals surface area contributed by atoms with Gasteiger partial charge in [-0.25, -0.2) is 8.42 Å². The Morgan fingerprint density at radius 2 is 1.95 bits per heavy atom. The Bertz CT molecular complexity index is 616. The molecule has 0 radical (unpaired) electrons. The topological polar surface area (TPSA) is 102 Å². The molecule has 1 aliphatic heterocycles. The highest BCUT2D eigenvalue weighted by Gasteiger charge is 2.28. The van der Waals surface area contributed by atoms with Gasteiger partial charge in [0.25, 0.3) is 0 Å². The standard InChI is InChI=1S/C11H15N3O5S.ClH/c1-19-11-3-2-9(8-10(11)14(15)16)20(17,18)13-6-4-12-5-7-13;/h2-3,8,12H,4-7H2,1H3;1H. The van der Waals surface area contributed by atoms with Crippen molar-refractivity contribution in [3.05, 3.63) is 28.3 Å². The van der Waals surface area contributed by atoms with Crippen molar-refractivity contribution in [1.82, 2.24) is 9.62 Å². The second-order valence-electron chi connectivity index (χ2n) is 4.24. The van der Waals surface area contributed by atoms with Gasteiger partial charge in [-0.05, 0) is 12.1 Å². The van der Waals surface area contributed by atoms with E-state index in [9.17, 15) is 18.5 Å². The van der Waals surface area contributed by atoms with E-state index in [2.05, 4.69) is 5.32 Å². The number of sulfonamides is 1. The minimum absolute atomic E-state index is 0. The van der Waals surface area contributed by atoms with Crippen LogP contribution in [0.2, 0.25) is 0 Å². The Labute approximate surface area is 128 Å². The predicted octanol–water partition coefficient (Wildman–Crippen LogP) is 0.619. The van der Waals surface area contributed by atoms with Gasteiger partial charge in [-0.15, -0.1) is 12.4 Å². The summed E-state index contributed by atoms with van der Waals surface area (Å²) in [5.41, 5.74) is -0.358. The fourth-order valence-corrected chi connectivity index (χ4v) is 3.47. The molecule has 1 N–H and O–H groups in total. The van der Waals surface area contributed by atoms with Crippen molar-refractivity contribution in [3.63, 3.8) is 0 Å². The van der Waals surface area contributed by atoms with Crippen LogP contribution in [0.4, 0.5) is 5.69 Å². The Morgan fingerprint density at radius 1 is 1.33 bits per heavy atom. The first-order valence-corrected chi connectivity index (χ1v) is 7.44. The van der Waals surface area contributed by atoms with Gasteiger partial charge in [0.2, 0.25) is 10.0 Å². The van der Waals surface area contributed by atoms with E-state index >= 15 is 0 Å². The highest BCUT2D eigenvalue weighted by molar-refractivity contribution is 7.89. The van der Waals surface area contributed by atoms with Gasteiger partial charge in [0.15, 0.2) is 5.75 Å². The molecular weight excluding hydrogens is 322 g/mol. The van der Waals surface area contributed by atoms with Crippen molar-refractivity contribution in [2.75, 3.05) is 33.3 Å². The fraction of sp³-hybridized carbons (Fsp3) is 0.455. The molecule has 0 saturated carbocycles. The van der Waals surface area contributed by atoms with Crippen LogP contribution in [-0.4, -0.2) is 50.9 Å². The lowest BCUT2D eigenvalue weighted by Crippen LogP contribution is -2.46. The van der Waals surface area contributed by atoms with Crippen LogP contribution in [0.5, 0.6) is 5.75 Å². The molecule has 118 valence electrons. The van der Waals surface area contributed by atoms with E-state index in [4.69, 9.17) is 4.74 Å². The van der Waals surface area contributed by atoms with Crippen LogP contribution < -0.4 is 10.1 Å². The lowest BCUT2D eigenvalue weighted by Gasteiger charge is -2.26. The molecule has 2 rings (SSSR count). The number of rotatable bonds is 4. The number of ether oxygens (including phenoxy) is 1. The van der Waals surface area contributed by atoms with Crippen LogP contribution in [0.1, 0.15) is 0 Å². The third-order valence-electron chi connectivity index (χ3n) is 3.06. The minimum Gasteiger partial charge on any atom is -0.490 e. The number of nitrogens with zero attached hydrogens (tertiary/aromatic N) is 2. The van der Waals surface area contributed by atoms with Crippen LogP contribution in [-0.2, 0) is 10.0 Å². The number of nitro benzene ring substituents is 1. The highest BCUT2D eigenvalue weighted by Crippen LogP contribution is 2.30. The van der Waals surface area contributed by atoms with E-state index in [1.807, 2.05) is 0 Å². The molecule has 10 heteroatoms. The second kappa shape index (κ2) is 7.03. The van der Waals surface area contributed by atoms with E-state index in [-0.39, 0.29) is 28.7 Å². The van der Waals surface area contributed by atoms with Crippen molar-refractivity contribution in [2.24, 2.45) is 0 Å². The van der Waals surface area contributed by atoms with Crippen LogP contribution in [0, 0.1) is 10.1 Å². The van der Waals surface area contributed by atoms with Gasteiger partial charge in [0.05, 0.1) is 16.9 Å². The molecule has 0 aromatic heterocycles. The van der Waals surface area contributed by atoms with E-state index < -0.39 is 14.9 Å². The van der Waals surface area contributed by atoms with E-state index in [0.29, 0.717) is 26.2 Å². The fourth-order valence-electron chi connectivity index (χ4n) is 2.01. The Kier molecular flexibility index (Phi) is 5.90. The smallest absolute Gasteiger partial charge is 0.312 e. The number of nitrogens with one attached hydrogen (secondary N) is 1. The summed E-state index contributed by atoms with van der Waals surface area (Å²) in [5.74, 6) is 0.0364. The Hall–Kier alpha value is -1.42. The zero-order chi connectivity index (χ0) is 14.8. The van der Waals surface area contributed by atoms with Crippen LogP contribution >= 0.6 is 12.4 Å². The van der Waals surface area contributed by atoms with Crippen molar-refractivity contribution >= 4 is 28.1 Å². The summed E-state index contributed by atoms with van der Waals surface area (Å²) in [6, 6.07) is 3.66. The number of halogens is 1. The third-order valence-corrected chi connectivity index (χ3v) is 4.96. The van der Waals surface area contributed by atoms with Gasteiger partial charge < -0.3 is 10.1 Å². The van der Waals surface area contributed by atoms with Gasteiger partial charge in [-0.1, -0.05) is 0 Å². The SMILES string of the molecule is COc1ccc(S(=O)(=O)N2CCNCC2)cc1[N+](=O)[O-].Cl. The Balaban J connectivity index is 0.00000220. The van der Waals surface area contributed by atoms with E-state index in [0.717, 1.165) is 6.07 Å². The molecule has 1 fully saturated rings. The first kappa shape index (κ1) is 17.6. The third kappa shape index (κ3) is 3.62. The molecule has 0 atom stereocenters. The van der Waals surface area contributed by atoms with Crippen molar-refractivity contribution in [2.45, 2.75) is 4.90 Å². The summed E-state index contributed by atoms with van der Waals surface area (Å²) < 4.78 is 31.0. The zero-order valence-electron chi connectivity index (χ0n) is 11.3. The average Bonchev–Trinajstić information content (AvgIpc) is 2.47. The molecule has 0 spiro atoms. The molecule has 0 bridgehead atoms. The van der Waals surface area contributed by atoms with Gasteiger partial charge in [-0.2, -0.15) is 4.31 Å². The number of methoxy groups -OCH3 is 1. The molecule has 8 nitrogen and oxygen atoms in total.